The van der Waals surface area contributed by atoms with Gasteiger partial charge in [-0.15, -0.1) is 0 Å². The molecule has 0 saturated heterocycles. The maximum atomic E-state index is 6.08. The van der Waals surface area contributed by atoms with Crippen molar-refractivity contribution < 1.29 is 4.74 Å². The molecule has 3 rings (SSSR count). The number of halogens is 1. The molecule has 2 aromatic carbocycles. The Balaban J connectivity index is 1.86. The van der Waals surface area contributed by atoms with E-state index < -0.39 is 0 Å². The topological polar surface area (TPSA) is 35.0 Å². The number of ether oxygens (including phenoxy) is 1. The van der Waals surface area contributed by atoms with Crippen molar-refractivity contribution in [2.75, 3.05) is 0 Å². The first-order valence-electron chi connectivity index (χ1n) is 7.96. The van der Waals surface area contributed by atoms with Crippen molar-refractivity contribution in [2.24, 2.45) is 0 Å². The second kappa shape index (κ2) is 7.45. The lowest BCUT2D eigenvalue weighted by Crippen LogP contribution is -2.02. The van der Waals surface area contributed by atoms with Gasteiger partial charge in [-0.2, -0.15) is 4.98 Å². The molecule has 0 bridgehead atoms. The lowest BCUT2D eigenvalue weighted by molar-refractivity contribution is 0.293. The highest BCUT2D eigenvalue weighted by molar-refractivity contribution is 6.30. The second-order valence-corrected chi connectivity index (χ2v) is 6.10. The normalized spacial score (nSPS) is 10.6. The van der Waals surface area contributed by atoms with Crippen LogP contribution in [0.25, 0.3) is 11.4 Å². The van der Waals surface area contributed by atoms with Gasteiger partial charge in [0.25, 0.3) is 0 Å². The van der Waals surface area contributed by atoms with Crippen molar-refractivity contribution in [1.29, 1.82) is 0 Å². The van der Waals surface area contributed by atoms with Crippen LogP contribution in [0.4, 0.5) is 0 Å². The van der Waals surface area contributed by atoms with E-state index in [1.807, 2.05) is 42.5 Å². The highest BCUT2D eigenvalue weighted by atomic mass is 35.5. The zero-order valence-electron chi connectivity index (χ0n) is 13.8. The van der Waals surface area contributed by atoms with Crippen molar-refractivity contribution >= 4 is 11.6 Å². The molecule has 0 spiro atoms. The summed E-state index contributed by atoms with van der Waals surface area (Å²) in [6, 6.07) is 17.7. The average Bonchev–Trinajstić information content (AvgIpc) is 2.60. The number of aromatic nitrogens is 2. The molecule has 0 aliphatic rings. The maximum Gasteiger partial charge on any atom is 0.217 e. The molecule has 1 heterocycles. The molecule has 3 aromatic rings. The lowest BCUT2D eigenvalue weighted by Gasteiger charge is -2.10. The SMILES string of the molecule is CCc1cc(OCc2cccc(C)c2)nc(-c2cccc(Cl)c2)n1. The van der Waals surface area contributed by atoms with Crippen LogP contribution in [0.5, 0.6) is 5.88 Å². The van der Waals surface area contributed by atoms with E-state index in [-0.39, 0.29) is 0 Å². The molecule has 0 fully saturated rings. The average molecular weight is 339 g/mol. The van der Waals surface area contributed by atoms with Crippen molar-refractivity contribution in [3.8, 4) is 17.3 Å². The van der Waals surface area contributed by atoms with E-state index in [2.05, 4.69) is 35.9 Å². The van der Waals surface area contributed by atoms with Gasteiger partial charge >= 0.3 is 0 Å². The summed E-state index contributed by atoms with van der Waals surface area (Å²) in [6.45, 7) is 4.62. The number of nitrogens with zero attached hydrogens (tertiary/aromatic N) is 2. The summed E-state index contributed by atoms with van der Waals surface area (Å²) >= 11 is 6.08. The third-order valence-corrected chi connectivity index (χ3v) is 3.91. The van der Waals surface area contributed by atoms with E-state index >= 15 is 0 Å². The standard InChI is InChI=1S/C20H19ClN2O/c1-3-18-12-19(24-13-15-7-4-6-14(2)10-15)23-20(22-18)16-8-5-9-17(21)11-16/h4-12H,3,13H2,1-2H3. The Bertz CT molecular complexity index is 849. The van der Waals surface area contributed by atoms with E-state index in [1.165, 1.54) is 5.56 Å². The molecular formula is C20H19ClN2O. The predicted octanol–water partition coefficient (Wildman–Crippen LogP) is 5.25. The van der Waals surface area contributed by atoms with Crippen LogP contribution in [0, 0.1) is 6.92 Å². The minimum absolute atomic E-state index is 0.483. The first-order chi connectivity index (χ1) is 11.6. The Hall–Kier alpha value is -2.39. The van der Waals surface area contributed by atoms with Gasteiger partial charge in [0.05, 0.1) is 0 Å². The van der Waals surface area contributed by atoms with Crippen LogP contribution in [0.15, 0.2) is 54.6 Å². The molecule has 0 amide bonds. The van der Waals surface area contributed by atoms with Crippen LogP contribution in [-0.4, -0.2) is 9.97 Å². The van der Waals surface area contributed by atoms with Gasteiger partial charge in [0.2, 0.25) is 5.88 Å². The molecule has 3 nitrogen and oxygen atoms in total. The molecule has 4 heteroatoms. The van der Waals surface area contributed by atoms with E-state index in [0.717, 1.165) is 23.2 Å². The van der Waals surface area contributed by atoms with Gasteiger partial charge in [0.1, 0.15) is 6.61 Å². The minimum atomic E-state index is 0.483. The van der Waals surface area contributed by atoms with Crippen LogP contribution in [-0.2, 0) is 13.0 Å². The Labute approximate surface area is 147 Å². The number of aryl methyl sites for hydroxylation is 2. The highest BCUT2D eigenvalue weighted by Crippen LogP contribution is 2.23. The first kappa shape index (κ1) is 16.5. The number of hydrogen-bond acceptors (Lipinski definition) is 3. The zero-order chi connectivity index (χ0) is 16.9. The lowest BCUT2D eigenvalue weighted by atomic mass is 10.1. The molecule has 0 aliphatic heterocycles. The molecule has 0 saturated carbocycles. The smallest absolute Gasteiger partial charge is 0.217 e. The fraction of sp³-hybridized carbons (Fsp3) is 0.200. The minimum Gasteiger partial charge on any atom is -0.473 e. The van der Waals surface area contributed by atoms with Gasteiger partial charge in [0.15, 0.2) is 5.82 Å². The largest absolute Gasteiger partial charge is 0.473 e. The van der Waals surface area contributed by atoms with Gasteiger partial charge in [0, 0.05) is 22.3 Å². The molecule has 1 aromatic heterocycles. The zero-order valence-corrected chi connectivity index (χ0v) is 14.5. The van der Waals surface area contributed by atoms with Gasteiger partial charge in [-0.3, -0.25) is 0 Å². The summed E-state index contributed by atoms with van der Waals surface area (Å²) in [5, 5.41) is 0.667. The van der Waals surface area contributed by atoms with Gasteiger partial charge in [-0.1, -0.05) is 60.5 Å². The maximum absolute atomic E-state index is 6.08. The molecule has 24 heavy (non-hydrogen) atoms. The highest BCUT2D eigenvalue weighted by Gasteiger charge is 2.08. The quantitative estimate of drug-likeness (QED) is 0.637. The van der Waals surface area contributed by atoms with Gasteiger partial charge in [-0.25, -0.2) is 4.98 Å². The summed E-state index contributed by atoms with van der Waals surface area (Å²) in [4.78, 5) is 9.12. The summed E-state index contributed by atoms with van der Waals surface area (Å²) in [7, 11) is 0. The predicted molar refractivity (Wildman–Crippen MR) is 97.4 cm³/mol. The molecule has 122 valence electrons. The second-order valence-electron chi connectivity index (χ2n) is 5.66. The van der Waals surface area contributed by atoms with Crippen LogP contribution in [0.2, 0.25) is 5.02 Å². The summed E-state index contributed by atoms with van der Waals surface area (Å²) in [5.74, 6) is 1.22. The van der Waals surface area contributed by atoms with Crippen LogP contribution in [0.3, 0.4) is 0 Å². The third kappa shape index (κ3) is 4.12. The Morgan fingerprint density at radius 3 is 2.58 bits per heavy atom. The molecule has 0 radical (unpaired) electrons. The Morgan fingerprint density at radius 2 is 1.83 bits per heavy atom. The Morgan fingerprint density at radius 1 is 1.00 bits per heavy atom. The van der Waals surface area contributed by atoms with E-state index in [0.29, 0.717) is 23.3 Å². The van der Waals surface area contributed by atoms with Crippen molar-refractivity contribution in [1.82, 2.24) is 9.97 Å². The van der Waals surface area contributed by atoms with Crippen molar-refractivity contribution in [2.45, 2.75) is 26.9 Å². The molecule has 0 unspecified atom stereocenters. The van der Waals surface area contributed by atoms with Crippen LogP contribution in [0.1, 0.15) is 23.7 Å². The fourth-order valence-corrected chi connectivity index (χ4v) is 2.63. The van der Waals surface area contributed by atoms with Crippen molar-refractivity contribution in [3.63, 3.8) is 0 Å². The number of benzene rings is 2. The summed E-state index contributed by atoms with van der Waals surface area (Å²) in [6.07, 6.45) is 0.816. The molecule has 0 N–H and O–H groups in total. The van der Waals surface area contributed by atoms with Crippen molar-refractivity contribution in [3.05, 3.63) is 76.4 Å². The molecule has 0 aliphatic carbocycles. The fourth-order valence-electron chi connectivity index (χ4n) is 2.44. The monoisotopic (exact) mass is 338 g/mol. The van der Waals surface area contributed by atoms with E-state index in [9.17, 15) is 0 Å². The van der Waals surface area contributed by atoms with Crippen LogP contribution >= 0.6 is 11.6 Å². The number of rotatable bonds is 5. The van der Waals surface area contributed by atoms with E-state index in [4.69, 9.17) is 16.3 Å². The molecule has 0 atom stereocenters. The summed E-state index contributed by atoms with van der Waals surface area (Å²) in [5.41, 5.74) is 4.17. The summed E-state index contributed by atoms with van der Waals surface area (Å²) < 4.78 is 5.90. The first-order valence-corrected chi connectivity index (χ1v) is 8.34. The van der Waals surface area contributed by atoms with Gasteiger partial charge in [-0.05, 0) is 31.0 Å². The van der Waals surface area contributed by atoms with Crippen LogP contribution < -0.4 is 4.74 Å². The van der Waals surface area contributed by atoms with Gasteiger partial charge < -0.3 is 4.74 Å². The number of hydrogen-bond donors (Lipinski definition) is 0. The molecular weight excluding hydrogens is 320 g/mol. The Kier molecular flexibility index (Phi) is 5.11. The van der Waals surface area contributed by atoms with E-state index in [1.54, 1.807) is 0 Å². The third-order valence-electron chi connectivity index (χ3n) is 3.67.